The standard InChI is InChI=1S/C9H12F3NO4/c1-17-6-2-5(7(14)15)3-13(4-6)8(16)9(10,11)12/h5-6H,2-4H2,1H3,(H,14,15)/t5-,6+/m1/s1. The van der Waals surface area contributed by atoms with E-state index in [-0.39, 0.29) is 13.0 Å². The highest BCUT2D eigenvalue weighted by molar-refractivity contribution is 5.83. The van der Waals surface area contributed by atoms with Crippen molar-refractivity contribution in [2.24, 2.45) is 5.92 Å². The second-order valence-electron chi connectivity index (χ2n) is 3.84. The molecule has 0 aromatic heterocycles. The minimum Gasteiger partial charge on any atom is -0.481 e. The summed E-state index contributed by atoms with van der Waals surface area (Å²) in [4.78, 5) is 22.2. The Morgan fingerprint density at radius 1 is 1.35 bits per heavy atom. The van der Waals surface area contributed by atoms with Crippen LogP contribution in [0.25, 0.3) is 0 Å². The molecule has 0 saturated carbocycles. The fourth-order valence-electron chi connectivity index (χ4n) is 1.75. The summed E-state index contributed by atoms with van der Waals surface area (Å²) in [6, 6.07) is 0. The molecule has 5 nitrogen and oxygen atoms in total. The molecule has 1 rings (SSSR count). The van der Waals surface area contributed by atoms with Gasteiger partial charge in [-0.3, -0.25) is 9.59 Å². The summed E-state index contributed by atoms with van der Waals surface area (Å²) in [5.41, 5.74) is 0. The molecule has 1 amide bonds. The first-order valence-electron chi connectivity index (χ1n) is 4.87. The SMILES string of the molecule is CO[C@H]1C[C@@H](C(=O)O)CN(C(=O)C(F)(F)F)C1. The summed E-state index contributed by atoms with van der Waals surface area (Å²) in [5, 5.41) is 8.78. The fraction of sp³-hybridized carbons (Fsp3) is 0.778. The van der Waals surface area contributed by atoms with Crippen molar-refractivity contribution >= 4 is 11.9 Å². The van der Waals surface area contributed by atoms with Crippen LogP contribution >= 0.6 is 0 Å². The molecule has 0 spiro atoms. The van der Waals surface area contributed by atoms with Crippen LogP contribution in [0.4, 0.5) is 13.2 Å². The molecule has 1 N–H and O–H groups in total. The molecule has 0 bridgehead atoms. The second-order valence-corrected chi connectivity index (χ2v) is 3.84. The maximum Gasteiger partial charge on any atom is 0.471 e. The molecule has 8 heteroatoms. The van der Waals surface area contributed by atoms with E-state index in [0.717, 1.165) is 0 Å². The number of halogens is 3. The van der Waals surface area contributed by atoms with Gasteiger partial charge in [-0.05, 0) is 6.42 Å². The molecule has 2 atom stereocenters. The molecule has 1 heterocycles. The zero-order valence-corrected chi connectivity index (χ0v) is 9.03. The number of carboxylic acids is 1. The second kappa shape index (κ2) is 4.91. The van der Waals surface area contributed by atoms with Crippen molar-refractivity contribution in [3.63, 3.8) is 0 Å². The lowest BCUT2D eigenvalue weighted by molar-refractivity contribution is -0.190. The fourth-order valence-corrected chi connectivity index (χ4v) is 1.75. The Bertz CT molecular complexity index is 318. The average molecular weight is 255 g/mol. The lowest BCUT2D eigenvalue weighted by Crippen LogP contribution is -2.52. The van der Waals surface area contributed by atoms with Gasteiger partial charge in [-0.1, -0.05) is 0 Å². The molecule has 0 radical (unpaired) electrons. The highest BCUT2D eigenvalue weighted by atomic mass is 19.4. The summed E-state index contributed by atoms with van der Waals surface area (Å²) >= 11 is 0. The Hall–Kier alpha value is -1.31. The first-order valence-corrected chi connectivity index (χ1v) is 4.87. The van der Waals surface area contributed by atoms with Gasteiger partial charge >= 0.3 is 18.1 Å². The molecule has 1 aliphatic heterocycles. The van der Waals surface area contributed by atoms with Gasteiger partial charge in [0.15, 0.2) is 0 Å². The van der Waals surface area contributed by atoms with Gasteiger partial charge in [-0.2, -0.15) is 13.2 Å². The summed E-state index contributed by atoms with van der Waals surface area (Å²) < 4.78 is 41.5. The van der Waals surface area contributed by atoms with Crippen LogP contribution in [0.15, 0.2) is 0 Å². The number of methoxy groups -OCH3 is 1. The molecule has 0 aromatic rings. The zero-order valence-electron chi connectivity index (χ0n) is 9.03. The van der Waals surface area contributed by atoms with Gasteiger partial charge in [0.2, 0.25) is 0 Å². The van der Waals surface area contributed by atoms with Gasteiger partial charge in [0.25, 0.3) is 0 Å². The number of hydrogen-bond acceptors (Lipinski definition) is 3. The Morgan fingerprint density at radius 2 is 1.94 bits per heavy atom. The number of carbonyl (C=O) groups is 2. The van der Waals surface area contributed by atoms with Gasteiger partial charge in [0.1, 0.15) is 0 Å². The molecule has 1 aliphatic rings. The molecule has 98 valence electrons. The highest BCUT2D eigenvalue weighted by Gasteiger charge is 2.46. The average Bonchev–Trinajstić information content (AvgIpc) is 2.26. The third-order valence-corrected chi connectivity index (χ3v) is 2.62. The normalized spacial score (nSPS) is 25.8. The number of piperidine rings is 1. The van der Waals surface area contributed by atoms with Crippen LogP contribution < -0.4 is 0 Å². The maximum absolute atomic E-state index is 12.2. The van der Waals surface area contributed by atoms with Crippen LogP contribution in [-0.4, -0.2) is 54.4 Å². The van der Waals surface area contributed by atoms with Crippen LogP contribution in [-0.2, 0) is 14.3 Å². The van der Waals surface area contributed by atoms with E-state index >= 15 is 0 Å². The summed E-state index contributed by atoms with van der Waals surface area (Å²) in [6.07, 6.45) is -5.57. The van der Waals surface area contributed by atoms with E-state index in [9.17, 15) is 22.8 Å². The minimum absolute atomic E-state index is 0.105. The van der Waals surface area contributed by atoms with Crippen LogP contribution in [0.1, 0.15) is 6.42 Å². The predicted octanol–water partition coefficient (Wildman–Crippen LogP) is 0.497. The predicted molar refractivity (Wildman–Crippen MR) is 49.2 cm³/mol. The van der Waals surface area contributed by atoms with Crippen molar-refractivity contribution in [3.05, 3.63) is 0 Å². The number of alkyl halides is 3. The first-order chi connectivity index (χ1) is 7.75. The summed E-state index contributed by atoms with van der Waals surface area (Å²) in [7, 11) is 1.27. The molecule has 0 unspecified atom stereocenters. The van der Waals surface area contributed by atoms with Crippen LogP contribution in [0, 0.1) is 5.92 Å². The van der Waals surface area contributed by atoms with E-state index in [1.54, 1.807) is 0 Å². The van der Waals surface area contributed by atoms with Gasteiger partial charge in [-0.15, -0.1) is 0 Å². The highest BCUT2D eigenvalue weighted by Crippen LogP contribution is 2.25. The number of carbonyl (C=O) groups excluding carboxylic acids is 1. The Morgan fingerprint density at radius 3 is 2.35 bits per heavy atom. The van der Waals surface area contributed by atoms with E-state index in [4.69, 9.17) is 9.84 Å². The van der Waals surface area contributed by atoms with Crippen LogP contribution in [0.3, 0.4) is 0 Å². The van der Waals surface area contributed by atoms with E-state index in [1.807, 2.05) is 0 Å². The molecule has 17 heavy (non-hydrogen) atoms. The Labute approximate surface area is 95.1 Å². The topological polar surface area (TPSA) is 66.8 Å². The quantitative estimate of drug-likeness (QED) is 0.780. The third-order valence-electron chi connectivity index (χ3n) is 2.62. The van der Waals surface area contributed by atoms with Gasteiger partial charge in [0.05, 0.1) is 12.0 Å². The Kier molecular flexibility index (Phi) is 3.97. The van der Waals surface area contributed by atoms with E-state index in [1.165, 1.54) is 7.11 Å². The molecule has 0 aromatic carbocycles. The molecule has 1 fully saturated rings. The number of aliphatic carboxylic acids is 1. The number of hydrogen-bond donors (Lipinski definition) is 1. The number of rotatable bonds is 2. The van der Waals surface area contributed by atoms with Crippen molar-refractivity contribution in [2.45, 2.75) is 18.7 Å². The van der Waals surface area contributed by atoms with Crippen molar-refractivity contribution in [1.29, 1.82) is 0 Å². The van der Waals surface area contributed by atoms with E-state index in [0.29, 0.717) is 4.90 Å². The first kappa shape index (κ1) is 13.8. The zero-order chi connectivity index (χ0) is 13.2. The van der Waals surface area contributed by atoms with Gasteiger partial charge < -0.3 is 14.7 Å². The smallest absolute Gasteiger partial charge is 0.471 e. The van der Waals surface area contributed by atoms with E-state index < -0.39 is 36.6 Å². The lowest BCUT2D eigenvalue weighted by Gasteiger charge is -2.35. The van der Waals surface area contributed by atoms with E-state index in [2.05, 4.69) is 0 Å². The summed E-state index contributed by atoms with van der Waals surface area (Å²) in [5.74, 6) is -4.28. The van der Waals surface area contributed by atoms with Gasteiger partial charge in [-0.25, -0.2) is 0 Å². The summed E-state index contributed by atoms with van der Waals surface area (Å²) in [6.45, 7) is -0.674. The number of nitrogens with zero attached hydrogens (tertiary/aromatic N) is 1. The minimum atomic E-state index is -4.99. The Balaban J connectivity index is 2.79. The van der Waals surface area contributed by atoms with Crippen molar-refractivity contribution < 1.29 is 32.6 Å². The molecular weight excluding hydrogens is 243 g/mol. The van der Waals surface area contributed by atoms with Crippen molar-refractivity contribution in [2.75, 3.05) is 20.2 Å². The largest absolute Gasteiger partial charge is 0.481 e. The molecule has 0 aliphatic carbocycles. The number of carboxylic acid groups (broad SMARTS) is 1. The van der Waals surface area contributed by atoms with Crippen LogP contribution in [0.2, 0.25) is 0 Å². The number of ether oxygens (including phenoxy) is 1. The molecular formula is C9H12F3NO4. The monoisotopic (exact) mass is 255 g/mol. The van der Waals surface area contributed by atoms with Crippen LogP contribution in [0.5, 0.6) is 0 Å². The molecule has 1 saturated heterocycles. The number of likely N-dealkylation sites (tertiary alicyclic amines) is 1. The third kappa shape index (κ3) is 3.32. The number of amides is 1. The van der Waals surface area contributed by atoms with Crippen molar-refractivity contribution in [1.82, 2.24) is 4.90 Å². The lowest BCUT2D eigenvalue weighted by atomic mass is 9.96. The van der Waals surface area contributed by atoms with Gasteiger partial charge in [0, 0.05) is 20.2 Å². The van der Waals surface area contributed by atoms with Crippen molar-refractivity contribution in [3.8, 4) is 0 Å². The maximum atomic E-state index is 12.2.